The van der Waals surface area contributed by atoms with Gasteiger partial charge < -0.3 is 24.8 Å². The molecule has 0 radical (unpaired) electrons. The summed E-state index contributed by atoms with van der Waals surface area (Å²) in [7, 11) is 1.64. The Morgan fingerprint density at radius 1 is 1.09 bits per heavy atom. The maximum atomic E-state index is 13.3. The molecule has 2 aromatic rings. The Bertz CT molecular complexity index is 938. The van der Waals surface area contributed by atoms with Crippen LogP contribution in [0.25, 0.3) is 0 Å². The maximum Gasteiger partial charge on any atom is 0.270 e. The molecule has 0 spiro atoms. The quantitative estimate of drug-likeness (QED) is 0.434. The van der Waals surface area contributed by atoms with Crippen molar-refractivity contribution in [2.24, 2.45) is 0 Å². The van der Waals surface area contributed by atoms with E-state index in [4.69, 9.17) is 4.74 Å². The largest absolute Gasteiger partial charge is 0.497 e. The Morgan fingerprint density at radius 3 is 2.33 bits per heavy atom. The summed E-state index contributed by atoms with van der Waals surface area (Å²) >= 11 is 0. The molecule has 9 nitrogen and oxygen atoms in total. The minimum Gasteiger partial charge on any atom is -0.497 e. The molecule has 1 saturated heterocycles. The second kappa shape index (κ2) is 11.5. The summed E-state index contributed by atoms with van der Waals surface area (Å²) in [4.78, 5) is 30.5. The van der Waals surface area contributed by atoms with E-state index in [-0.39, 0.29) is 11.6 Å². The van der Waals surface area contributed by atoms with Crippen LogP contribution in [0, 0.1) is 10.1 Å². The van der Waals surface area contributed by atoms with Gasteiger partial charge in [0.25, 0.3) is 11.6 Å². The Hall–Kier alpha value is -3.33. The first-order valence-electron chi connectivity index (χ1n) is 11.4. The normalized spacial score (nSPS) is 13.8. The number of hydrogen-bond acceptors (Lipinski definition) is 7. The Labute approximate surface area is 195 Å². The fourth-order valence-electron chi connectivity index (χ4n) is 4.00. The van der Waals surface area contributed by atoms with Crippen LogP contribution in [0.4, 0.5) is 17.1 Å². The monoisotopic (exact) mass is 455 g/mol. The average molecular weight is 456 g/mol. The van der Waals surface area contributed by atoms with Crippen molar-refractivity contribution in [3.63, 3.8) is 0 Å². The first kappa shape index (κ1) is 24.3. The van der Waals surface area contributed by atoms with Crippen molar-refractivity contribution < 1.29 is 14.5 Å². The van der Waals surface area contributed by atoms with Gasteiger partial charge in [-0.15, -0.1) is 0 Å². The number of carbonyl (C=O) groups excluding carboxylic acids is 1. The van der Waals surface area contributed by atoms with E-state index in [1.807, 2.05) is 24.3 Å². The first-order valence-corrected chi connectivity index (χ1v) is 11.4. The molecule has 1 heterocycles. The topological polar surface area (TPSA) is 91.2 Å². The summed E-state index contributed by atoms with van der Waals surface area (Å²) in [5.41, 5.74) is 1.98. The number of benzene rings is 2. The van der Waals surface area contributed by atoms with Crippen LogP contribution in [0.3, 0.4) is 0 Å². The molecule has 1 N–H and O–H groups in total. The van der Waals surface area contributed by atoms with Crippen molar-refractivity contribution in [1.82, 2.24) is 9.80 Å². The second-order valence-electron chi connectivity index (χ2n) is 7.92. The van der Waals surface area contributed by atoms with Crippen LogP contribution in [0.1, 0.15) is 24.2 Å². The lowest BCUT2D eigenvalue weighted by Gasteiger charge is -2.36. The molecule has 0 saturated carbocycles. The molecular formula is C24H33N5O4. The number of non-ortho nitro benzene ring substituents is 1. The Morgan fingerprint density at radius 2 is 1.76 bits per heavy atom. The molecule has 0 unspecified atom stereocenters. The number of anilines is 2. The summed E-state index contributed by atoms with van der Waals surface area (Å²) in [5, 5.41) is 14.6. The number of nitrogens with zero attached hydrogens (tertiary/aromatic N) is 4. The van der Waals surface area contributed by atoms with Crippen LogP contribution < -0.4 is 15.0 Å². The van der Waals surface area contributed by atoms with E-state index in [1.165, 1.54) is 12.1 Å². The third kappa shape index (κ3) is 6.13. The predicted octanol–water partition coefficient (Wildman–Crippen LogP) is 3.32. The molecule has 9 heteroatoms. The number of rotatable bonds is 10. The molecule has 0 atom stereocenters. The van der Waals surface area contributed by atoms with Crippen molar-refractivity contribution in [3.05, 3.63) is 58.1 Å². The number of nitrogens with one attached hydrogen (secondary N) is 1. The van der Waals surface area contributed by atoms with E-state index in [0.29, 0.717) is 44.0 Å². The summed E-state index contributed by atoms with van der Waals surface area (Å²) in [6.07, 6.45) is 0. The Balaban J connectivity index is 1.69. The van der Waals surface area contributed by atoms with Gasteiger partial charge in [-0.3, -0.25) is 14.9 Å². The molecule has 1 aliphatic heterocycles. The molecule has 0 aromatic heterocycles. The minimum atomic E-state index is -0.460. The highest BCUT2D eigenvalue weighted by molar-refractivity contribution is 6.00. The standard InChI is InChI=1S/C24H33N5O4/c1-4-26(5-2)13-12-25-23-11-8-20(29(31)32)18-22(23)24(30)28-16-14-27(15-17-28)19-6-9-21(33-3)10-7-19/h6-11,18,25H,4-5,12-17H2,1-3H3. The number of nitro groups is 1. The third-order valence-electron chi connectivity index (χ3n) is 6.09. The van der Waals surface area contributed by atoms with E-state index >= 15 is 0 Å². The van der Waals surface area contributed by atoms with Crippen molar-refractivity contribution >= 4 is 23.0 Å². The van der Waals surface area contributed by atoms with Crippen molar-refractivity contribution in [2.75, 3.05) is 69.7 Å². The Kier molecular flexibility index (Phi) is 8.48. The van der Waals surface area contributed by atoms with Gasteiger partial charge in [0.15, 0.2) is 0 Å². The number of piperazine rings is 1. The lowest BCUT2D eigenvalue weighted by atomic mass is 10.1. The van der Waals surface area contributed by atoms with Crippen LogP contribution in [0.2, 0.25) is 0 Å². The zero-order chi connectivity index (χ0) is 23.8. The van der Waals surface area contributed by atoms with E-state index in [0.717, 1.165) is 31.1 Å². The number of likely N-dealkylation sites (N-methyl/N-ethyl adjacent to an activating group) is 1. The van der Waals surface area contributed by atoms with Crippen LogP contribution in [0.15, 0.2) is 42.5 Å². The smallest absolute Gasteiger partial charge is 0.270 e. The number of amides is 1. The van der Waals surface area contributed by atoms with Crippen molar-refractivity contribution in [3.8, 4) is 5.75 Å². The van der Waals surface area contributed by atoms with Crippen LogP contribution in [0.5, 0.6) is 5.75 Å². The fraction of sp³-hybridized carbons (Fsp3) is 0.458. The van der Waals surface area contributed by atoms with Gasteiger partial charge in [0.1, 0.15) is 5.75 Å². The van der Waals surface area contributed by atoms with Gasteiger partial charge in [0, 0.05) is 62.8 Å². The average Bonchev–Trinajstić information content (AvgIpc) is 2.86. The summed E-state index contributed by atoms with van der Waals surface area (Å²) < 4.78 is 5.22. The van der Waals surface area contributed by atoms with Crippen molar-refractivity contribution in [1.29, 1.82) is 0 Å². The predicted molar refractivity (Wildman–Crippen MR) is 130 cm³/mol. The van der Waals surface area contributed by atoms with Gasteiger partial charge in [-0.1, -0.05) is 13.8 Å². The fourth-order valence-corrected chi connectivity index (χ4v) is 4.00. The SMILES string of the molecule is CCN(CC)CCNc1ccc([N+](=O)[O-])cc1C(=O)N1CCN(c2ccc(OC)cc2)CC1. The summed E-state index contributed by atoms with van der Waals surface area (Å²) in [6.45, 7) is 10.1. The molecule has 0 bridgehead atoms. The molecule has 33 heavy (non-hydrogen) atoms. The van der Waals surface area contributed by atoms with Gasteiger partial charge in [0.2, 0.25) is 0 Å². The number of methoxy groups -OCH3 is 1. The lowest BCUT2D eigenvalue weighted by molar-refractivity contribution is -0.384. The molecule has 178 valence electrons. The number of nitro benzene ring substituents is 1. The lowest BCUT2D eigenvalue weighted by Crippen LogP contribution is -2.49. The van der Waals surface area contributed by atoms with E-state index in [2.05, 4.69) is 29.0 Å². The van der Waals surface area contributed by atoms with Crippen LogP contribution in [-0.4, -0.2) is 80.1 Å². The van der Waals surface area contributed by atoms with Gasteiger partial charge >= 0.3 is 0 Å². The second-order valence-corrected chi connectivity index (χ2v) is 7.92. The van der Waals surface area contributed by atoms with Gasteiger partial charge in [-0.05, 0) is 43.4 Å². The van der Waals surface area contributed by atoms with E-state index < -0.39 is 4.92 Å². The summed E-state index contributed by atoms with van der Waals surface area (Å²) in [5.74, 6) is 0.623. The molecule has 1 fully saturated rings. The van der Waals surface area contributed by atoms with Crippen molar-refractivity contribution in [2.45, 2.75) is 13.8 Å². The number of hydrogen-bond donors (Lipinski definition) is 1. The molecular weight excluding hydrogens is 422 g/mol. The van der Waals surface area contributed by atoms with E-state index in [1.54, 1.807) is 18.1 Å². The minimum absolute atomic E-state index is 0.0792. The van der Waals surface area contributed by atoms with Crippen LogP contribution >= 0.6 is 0 Å². The van der Waals surface area contributed by atoms with Crippen LogP contribution in [-0.2, 0) is 0 Å². The zero-order valence-electron chi connectivity index (χ0n) is 19.6. The molecule has 3 rings (SSSR count). The molecule has 1 aliphatic rings. The van der Waals surface area contributed by atoms with E-state index in [9.17, 15) is 14.9 Å². The molecule has 0 aliphatic carbocycles. The van der Waals surface area contributed by atoms with Gasteiger partial charge in [-0.25, -0.2) is 0 Å². The maximum absolute atomic E-state index is 13.3. The highest BCUT2D eigenvalue weighted by Gasteiger charge is 2.26. The third-order valence-corrected chi connectivity index (χ3v) is 6.09. The first-order chi connectivity index (χ1) is 16.0. The number of ether oxygens (including phenoxy) is 1. The molecule has 1 amide bonds. The molecule has 2 aromatic carbocycles. The zero-order valence-corrected chi connectivity index (χ0v) is 19.6. The highest BCUT2D eigenvalue weighted by Crippen LogP contribution is 2.25. The number of carbonyl (C=O) groups is 1. The van der Waals surface area contributed by atoms with Gasteiger partial charge in [0.05, 0.1) is 17.6 Å². The highest BCUT2D eigenvalue weighted by atomic mass is 16.6. The summed E-state index contributed by atoms with van der Waals surface area (Å²) in [6, 6.07) is 12.3. The van der Waals surface area contributed by atoms with Gasteiger partial charge in [-0.2, -0.15) is 0 Å².